The van der Waals surface area contributed by atoms with E-state index in [1.165, 1.54) is 0 Å². The quantitative estimate of drug-likeness (QED) is 0.932. The van der Waals surface area contributed by atoms with Gasteiger partial charge in [0.2, 0.25) is 0 Å². The van der Waals surface area contributed by atoms with Crippen LogP contribution in [0.2, 0.25) is 0 Å². The maximum Gasteiger partial charge on any atom is 0.410 e. The fourth-order valence-corrected chi connectivity index (χ4v) is 2.38. The van der Waals surface area contributed by atoms with E-state index in [2.05, 4.69) is 0 Å². The topological polar surface area (TPSA) is 64.8 Å². The number of nitrogens with two attached hydrogens (primary N) is 1. The number of hydrogen-bond donors (Lipinski definition) is 1. The van der Waals surface area contributed by atoms with E-state index in [9.17, 15) is 4.79 Å². The molecular weight excluding hydrogens is 280 g/mol. The van der Waals surface area contributed by atoms with Gasteiger partial charge >= 0.3 is 6.09 Å². The molecule has 0 aromatic heterocycles. The third kappa shape index (κ3) is 4.91. The van der Waals surface area contributed by atoms with Crippen LogP contribution in [0.3, 0.4) is 0 Å². The van der Waals surface area contributed by atoms with Crippen LogP contribution >= 0.6 is 0 Å². The van der Waals surface area contributed by atoms with E-state index < -0.39 is 5.60 Å². The highest BCUT2D eigenvalue weighted by molar-refractivity contribution is 5.68. The van der Waals surface area contributed by atoms with E-state index in [-0.39, 0.29) is 12.2 Å². The van der Waals surface area contributed by atoms with E-state index in [4.69, 9.17) is 15.2 Å². The summed E-state index contributed by atoms with van der Waals surface area (Å²) in [5.41, 5.74) is 6.22. The van der Waals surface area contributed by atoms with Crippen LogP contribution in [0.15, 0.2) is 24.3 Å². The van der Waals surface area contributed by atoms with Gasteiger partial charge in [-0.1, -0.05) is 12.1 Å². The van der Waals surface area contributed by atoms with Gasteiger partial charge in [0.25, 0.3) is 0 Å². The lowest BCUT2D eigenvalue weighted by Gasteiger charge is -2.33. The van der Waals surface area contributed by atoms with E-state index >= 15 is 0 Å². The first-order valence-corrected chi connectivity index (χ1v) is 7.81. The van der Waals surface area contributed by atoms with Crippen LogP contribution < -0.4 is 10.5 Å². The molecule has 0 bridgehead atoms. The van der Waals surface area contributed by atoms with Crippen molar-refractivity contribution in [2.45, 2.75) is 51.9 Å². The van der Waals surface area contributed by atoms with Crippen LogP contribution in [0.4, 0.5) is 4.79 Å². The van der Waals surface area contributed by atoms with Crippen molar-refractivity contribution in [3.05, 3.63) is 29.8 Å². The van der Waals surface area contributed by atoms with Crippen molar-refractivity contribution >= 4 is 6.09 Å². The van der Waals surface area contributed by atoms with E-state index in [0.717, 1.165) is 24.2 Å². The lowest BCUT2D eigenvalue weighted by Crippen LogP contribution is -2.44. The van der Waals surface area contributed by atoms with Gasteiger partial charge in [0.15, 0.2) is 0 Å². The summed E-state index contributed by atoms with van der Waals surface area (Å²) in [6, 6.07) is 7.85. The van der Waals surface area contributed by atoms with Crippen molar-refractivity contribution in [3.63, 3.8) is 0 Å². The van der Waals surface area contributed by atoms with Crippen LogP contribution in [0.5, 0.6) is 5.75 Å². The molecule has 0 atom stereocenters. The third-order valence-corrected chi connectivity index (χ3v) is 3.56. The summed E-state index contributed by atoms with van der Waals surface area (Å²) in [5.74, 6) is 0.855. The molecule has 2 rings (SSSR count). The number of ether oxygens (including phenoxy) is 2. The summed E-state index contributed by atoms with van der Waals surface area (Å²) in [7, 11) is 0. The molecule has 2 N–H and O–H groups in total. The Morgan fingerprint density at radius 1 is 1.23 bits per heavy atom. The molecule has 0 radical (unpaired) electrons. The molecule has 1 aliphatic rings. The molecule has 5 nitrogen and oxygen atoms in total. The highest BCUT2D eigenvalue weighted by Crippen LogP contribution is 2.21. The molecule has 1 amide bonds. The van der Waals surface area contributed by atoms with Crippen LogP contribution in [0, 0.1) is 0 Å². The number of nitrogens with zero attached hydrogens (tertiary/aromatic N) is 1. The minimum atomic E-state index is -0.449. The Bertz CT molecular complexity index is 486. The van der Waals surface area contributed by atoms with Crippen LogP contribution in [0.25, 0.3) is 0 Å². The number of carbonyl (C=O) groups excluding carboxylic acids is 1. The van der Waals surface area contributed by atoms with Crippen molar-refractivity contribution in [2.24, 2.45) is 5.73 Å². The zero-order valence-corrected chi connectivity index (χ0v) is 13.7. The predicted octanol–water partition coefficient (Wildman–Crippen LogP) is 2.92. The summed E-state index contributed by atoms with van der Waals surface area (Å²) >= 11 is 0. The minimum absolute atomic E-state index is 0.141. The summed E-state index contributed by atoms with van der Waals surface area (Å²) < 4.78 is 11.4. The van der Waals surface area contributed by atoms with Crippen molar-refractivity contribution in [1.82, 2.24) is 4.90 Å². The third-order valence-electron chi connectivity index (χ3n) is 3.56. The number of rotatable bonds is 3. The first kappa shape index (κ1) is 16.6. The zero-order valence-electron chi connectivity index (χ0n) is 13.7. The highest BCUT2D eigenvalue weighted by Gasteiger charge is 2.27. The molecule has 1 aliphatic heterocycles. The molecule has 1 saturated heterocycles. The van der Waals surface area contributed by atoms with Gasteiger partial charge in [-0.15, -0.1) is 0 Å². The molecular formula is C17H26N2O3. The second-order valence-electron chi connectivity index (χ2n) is 6.63. The molecule has 5 heteroatoms. The molecule has 1 aromatic carbocycles. The molecule has 122 valence electrons. The van der Waals surface area contributed by atoms with Crippen molar-refractivity contribution in [2.75, 3.05) is 13.1 Å². The minimum Gasteiger partial charge on any atom is -0.490 e. The summed E-state index contributed by atoms with van der Waals surface area (Å²) in [6.07, 6.45) is 1.54. The standard InChI is InChI=1S/C17H26N2O3/c1-17(2,3)22-16(20)19-10-8-15(9-11-19)21-14-6-4-13(12-18)5-7-14/h4-7,15H,8-12,18H2,1-3H3. The lowest BCUT2D eigenvalue weighted by molar-refractivity contribution is 0.0126. The van der Waals surface area contributed by atoms with Crippen LogP contribution in [-0.2, 0) is 11.3 Å². The van der Waals surface area contributed by atoms with E-state index in [1.807, 2.05) is 45.0 Å². The smallest absolute Gasteiger partial charge is 0.410 e. The first-order valence-electron chi connectivity index (χ1n) is 7.81. The summed E-state index contributed by atoms with van der Waals surface area (Å²) in [4.78, 5) is 13.8. The average molecular weight is 306 g/mol. The number of hydrogen-bond acceptors (Lipinski definition) is 4. The van der Waals surface area contributed by atoms with Crippen molar-refractivity contribution in [1.29, 1.82) is 0 Å². The summed E-state index contributed by atoms with van der Waals surface area (Å²) in [5, 5.41) is 0. The van der Waals surface area contributed by atoms with Gasteiger partial charge in [-0.05, 0) is 38.5 Å². The van der Waals surface area contributed by atoms with Gasteiger partial charge in [0, 0.05) is 32.5 Å². The second kappa shape index (κ2) is 7.01. The van der Waals surface area contributed by atoms with Crippen LogP contribution in [-0.4, -0.2) is 35.8 Å². The number of carbonyl (C=O) groups is 1. The monoisotopic (exact) mass is 306 g/mol. The average Bonchev–Trinajstić information content (AvgIpc) is 2.47. The maximum atomic E-state index is 12.0. The summed E-state index contributed by atoms with van der Waals surface area (Å²) in [6.45, 7) is 7.51. The predicted molar refractivity (Wildman–Crippen MR) is 85.8 cm³/mol. The van der Waals surface area contributed by atoms with Crippen LogP contribution in [0.1, 0.15) is 39.2 Å². The number of piperidine rings is 1. The zero-order chi connectivity index (χ0) is 16.2. The molecule has 1 heterocycles. The Morgan fingerprint density at radius 2 is 1.82 bits per heavy atom. The molecule has 0 unspecified atom stereocenters. The SMILES string of the molecule is CC(C)(C)OC(=O)N1CCC(Oc2ccc(CN)cc2)CC1. The largest absolute Gasteiger partial charge is 0.490 e. The molecule has 0 saturated carbocycles. The number of likely N-dealkylation sites (tertiary alicyclic amines) is 1. The van der Waals surface area contributed by atoms with Gasteiger partial charge in [0.1, 0.15) is 17.5 Å². The van der Waals surface area contributed by atoms with Gasteiger partial charge in [-0.2, -0.15) is 0 Å². The lowest BCUT2D eigenvalue weighted by atomic mass is 10.1. The maximum absolute atomic E-state index is 12.0. The molecule has 22 heavy (non-hydrogen) atoms. The Kier molecular flexibility index (Phi) is 5.29. The first-order chi connectivity index (χ1) is 10.4. The van der Waals surface area contributed by atoms with E-state index in [1.54, 1.807) is 4.90 Å². The molecule has 0 spiro atoms. The fourth-order valence-electron chi connectivity index (χ4n) is 2.38. The van der Waals surface area contributed by atoms with Crippen molar-refractivity contribution < 1.29 is 14.3 Å². The van der Waals surface area contributed by atoms with Gasteiger partial charge in [-0.25, -0.2) is 4.79 Å². The Balaban J connectivity index is 1.80. The Morgan fingerprint density at radius 3 is 2.32 bits per heavy atom. The van der Waals surface area contributed by atoms with Crippen molar-refractivity contribution in [3.8, 4) is 5.75 Å². The van der Waals surface area contributed by atoms with Gasteiger partial charge < -0.3 is 20.1 Å². The van der Waals surface area contributed by atoms with Gasteiger partial charge in [0.05, 0.1) is 0 Å². The molecule has 1 fully saturated rings. The number of amides is 1. The Labute approximate surface area is 132 Å². The molecule has 0 aliphatic carbocycles. The van der Waals surface area contributed by atoms with Gasteiger partial charge in [-0.3, -0.25) is 0 Å². The fraction of sp³-hybridized carbons (Fsp3) is 0.588. The second-order valence-corrected chi connectivity index (χ2v) is 6.63. The normalized spacial score (nSPS) is 16.5. The van der Waals surface area contributed by atoms with E-state index in [0.29, 0.717) is 19.6 Å². The number of benzene rings is 1. The molecule has 1 aromatic rings. The highest BCUT2D eigenvalue weighted by atomic mass is 16.6. The Hall–Kier alpha value is -1.75.